The Balaban J connectivity index is 2.62. The first kappa shape index (κ1) is 12.9. The largest absolute Gasteiger partial charge is 0.593 e. The predicted octanol–water partition coefficient (Wildman–Crippen LogP) is 1.44. The van der Waals surface area contributed by atoms with Crippen LogP contribution in [-0.4, -0.2) is 41.2 Å². The average molecular weight is 293 g/mol. The number of rotatable bonds is 5. The highest BCUT2D eigenvalue weighted by Gasteiger charge is 2.18. The Morgan fingerprint density at radius 3 is 2.93 bits per heavy atom. The van der Waals surface area contributed by atoms with Crippen LogP contribution in [0.5, 0.6) is 0 Å². The van der Waals surface area contributed by atoms with Crippen LogP contribution in [0.2, 0.25) is 0 Å². The highest BCUT2D eigenvalue weighted by molar-refractivity contribution is 9.10. The molecule has 0 aliphatic rings. The van der Waals surface area contributed by atoms with Crippen LogP contribution in [0.1, 0.15) is 0 Å². The molecular formula is C9H13BrN2O2S. The first-order valence-electron chi connectivity index (χ1n) is 4.37. The number of ether oxygens (including phenoxy) is 1. The van der Waals surface area contributed by atoms with Crippen LogP contribution in [0.4, 0.5) is 0 Å². The van der Waals surface area contributed by atoms with Gasteiger partial charge in [-0.05, 0) is 15.9 Å². The van der Waals surface area contributed by atoms with Gasteiger partial charge in [-0.15, -0.1) is 4.31 Å². The summed E-state index contributed by atoms with van der Waals surface area (Å²) in [5.74, 6) is 0. The minimum atomic E-state index is -1.18. The highest BCUT2D eigenvalue weighted by Crippen LogP contribution is 2.17. The van der Waals surface area contributed by atoms with Crippen molar-refractivity contribution >= 4 is 27.3 Å². The number of likely N-dealkylation sites (N-methyl/N-ethyl adjacent to an activating group) is 1. The Morgan fingerprint density at radius 1 is 1.60 bits per heavy atom. The van der Waals surface area contributed by atoms with Crippen molar-refractivity contribution in [2.45, 2.75) is 4.90 Å². The van der Waals surface area contributed by atoms with Crippen molar-refractivity contribution in [1.29, 1.82) is 0 Å². The summed E-state index contributed by atoms with van der Waals surface area (Å²) in [6, 6.07) is 1.80. The lowest BCUT2D eigenvalue weighted by molar-refractivity contribution is 0.185. The molecule has 0 amide bonds. The van der Waals surface area contributed by atoms with Gasteiger partial charge in [0.05, 0.1) is 30.7 Å². The van der Waals surface area contributed by atoms with E-state index in [1.165, 1.54) is 0 Å². The van der Waals surface area contributed by atoms with Gasteiger partial charge in [0, 0.05) is 30.9 Å². The standard InChI is InChI=1S/C9H13BrN2O2S/c1-12(3-4-14-2)15(13)9-5-8(10)6-11-7-9/h5-7H,3-4H2,1-2H3. The fraction of sp³-hybridized carbons (Fsp3) is 0.444. The van der Waals surface area contributed by atoms with E-state index in [1.807, 2.05) is 0 Å². The molecule has 6 heteroatoms. The summed E-state index contributed by atoms with van der Waals surface area (Å²) in [5, 5.41) is 0. The van der Waals surface area contributed by atoms with E-state index in [0.29, 0.717) is 18.0 Å². The molecule has 1 aromatic rings. The molecule has 0 aliphatic carbocycles. The molecule has 0 radical (unpaired) electrons. The number of aromatic nitrogens is 1. The fourth-order valence-corrected chi connectivity index (χ4v) is 2.47. The Hall–Kier alpha value is -0.140. The summed E-state index contributed by atoms with van der Waals surface area (Å²) < 4.78 is 19.4. The number of methoxy groups -OCH3 is 1. The van der Waals surface area contributed by atoms with Crippen LogP contribution in [0.15, 0.2) is 27.8 Å². The quantitative estimate of drug-likeness (QED) is 0.771. The van der Waals surface area contributed by atoms with Gasteiger partial charge < -0.3 is 9.29 Å². The molecule has 0 spiro atoms. The molecule has 1 rings (SSSR count). The van der Waals surface area contributed by atoms with Gasteiger partial charge in [0.25, 0.3) is 0 Å². The van der Waals surface area contributed by atoms with Crippen molar-refractivity contribution in [3.05, 3.63) is 22.9 Å². The molecule has 0 aliphatic heterocycles. The first-order valence-corrected chi connectivity index (χ1v) is 6.27. The van der Waals surface area contributed by atoms with E-state index in [4.69, 9.17) is 4.74 Å². The molecule has 0 aromatic carbocycles. The molecular weight excluding hydrogens is 280 g/mol. The number of hydrogen-bond acceptors (Lipinski definition) is 4. The SMILES string of the molecule is COCCN(C)[S+]([O-])c1cncc(Br)c1. The van der Waals surface area contributed by atoms with Crippen molar-refractivity contribution in [2.24, 2.45) is 0 Å². The highest BCUT2D eigenvalue weighted by atomic mass is 79.9. The van der Waals surface area contributed by atoms with Crippen molar-refractivity contribution in [3.63, 3.8) is 0 Å². The molecule has 1 atom stereocenters. The van der Waals surface area contributed by atoms with Crippen molar-refractivity contribution in [1.82, 2.24) is 9.29 Å². The zero-order valence-corrected chi connectivity index (χ0v) is 11.0. The van der Waals surface area contributed by atoms with Gasteiger partial charge in [-0.2, -0.15) is 0 Å². The van der Waals surface area contributed by atoms with Gasteiger partial charge in [-0.1, -0.05) is 0 Å². The zero-order valence-electron chi connectivity index (χ0n) is 8.64. The summed E-state index contributed by atoms with van der Waals surface area (Å²) >= 11 is 2.11. The van der Waals surface area contributed by atoms with Crippen LogP contribution in [0.3, 0.4) is 0 Å². The smallest absolute Gasteiger partial charge is 0.193 e. The molecule has 84 valence electrons. The second-order valence-corrected chi connectivity index (χ2v) is 5.44. The van der Waals surface area contributed by atoms with Crippen LogP contribution in [0.25, 0.3) is 0 Å². The molecule has 1 unspecified atom stereocenters. The topological polar surface area (TPSA) is 48.4 Å². The van der Waals surface area contributed by atoms with Gasteiger partial charge in [0.15, 0.2) is 4.90 Å². The zero-order chi connectivity index (χ0) is 11.3. The lowest BCUT2D eigenvalue weighted by Crippen LogP contribution is -2.30. The summed E-state index contributed by atoms with van der Waals surface area (Å²) in [4.78, 5) is 4.65. The molecule has 1 aromatic heterocycles. The third kappa shape index (κ3) is 4.08. The van der Waals surface area contributed by atoms with Crippen LogP contribution in [-0.2, 0) is 16.1 Å². The van der Waals surface area contributed by atoms with Crippen LogP contribution < -0.4 is 0 Å². The second-order valence-electron chi connectivity index (χ2n) is 2.93. The fourth-order valence-electron chi connectivity index (χ4n) is 0.971. The van der Waals surface area contributed by atoms with Gasteiger partial charge in [0.2, 0.25) is 0 Å². The summed E-state index contributed by atoms with van der Waals surface area (Å²) in [6.45, 7) is 1.18. The van der Waals surface area contributed by atoms with Gasteiger partial charge in [-0.25, -0.2) is 0 Å². The van der Waals surface area contributed by atoms with Gasteiger partial charge in [0.1, 0.15) is 0 Å². The van der Waals surface area contributed by atoms with E-state index in [-0.39, 0.29) is 0 Å². The number of nitrogens with zero attached hydrogens (tertiary/aromatic N) is 2. The van der Waals surface area contributed by atoms with E-state index in [1.54, 1.807) is 36.9 Å². The average Bonchev–Trinajstić information content (AvgIpc) is 2.24. The second kappa shape index (κ2) is 6.44. The van der Waals surface area contributed by atoms with E-state index >= 15 is 0 Å². The van der Waals surface area contributed by atoms with Crippen molar-refractivity contribution in [3.8, 4) is 0 Å². The minimum absolute atomic E-state index is 0.559. The first-order chi connectivity index (χ1) is 7.15. The van der Waals surface area contributed by atoms with E-state index in [9.17, 15) is 4.55 Å². The Bertz CT molecular complexity index is 314. The number of pyridine rings is 1. The molecule has 0 saturated carbocycles. The third-order valence-corrected chi connectivity index (χ3v) is 3.58. The Morgan fingerprint density at radius 2 is 2.33 bits per heavy atom. The van der Waals surface area contributed by atoms with Gasteiger partial charge >= 0.3 is 0 Å². The van der Waals surface area contributed by atoms with Crippen LogP contribution >= 0.6 is 15.9 Å². The molecule has 0 saturated heterocycles. The molecule has 15 heavy (non-hydrogen) atoms. The molecule has 4 nitrogen and oxygen atoms in total. The van der Waals surface area contributed by atoms with Gasteiger partial charge in [-0.3, -0.25) is 4.98 Å². The molecule has 0 bridgehead atoms. The molecule has 0 N–H and O–H groups in total. The van der Waals surface area contributed by atoms with E-state index in [0.717, 1.165) is 4.47 Å². The monoisotopic (exact) mass is 292 g/mol. The van der Waals surface area contributed by atoms with Crippen molar-refractivity contribution < 1.29 is 9.29 Å². The molecule has 0 fully saturated rings. The van der Waals surface area contributed by atoms with Crippen LogP contribution in [0, 0.1) is 0 Å². The summed E-state index contributed by atoms with van der Waals surface area (Å²) in [7, 11) is 3.41. The van der Waals surface area contributed by atoms with Crippen molar-refractivity contribution in [2.75, 3.05) is 27.3 Å². The summed E-state index contributed by atoms with van der Waals surface area (Å²) in [6.07, 6.45) is 3.26. The lowest BCUT2D eigenvalue weighted by Gasteiger charge is -2.19. The maximum absolute atomic E-state index is 11.9. The summed E-state index contributed by atoms with van der Waals surface area (Å²) in [5.41, 5.74) is 0. The maximum atomic E-state index is 11.9. The number of halogens is 1. The van der Waals surface area contributed by atoms with E-state index < -0.39 is 11.4 Å². The third-order valence-electron chi connectivity index (χ3n) is 1.77. The molecule has 1 heterocycles. The predicted molar refractivity (Wildman–Crippen MR) is 62.9 cm³/mol. The minimum Gasteiger partial charge on any atom is -0.593 e. The Kier molecular flexibility index (Phi) is 5.55. The number of hydrogen-bond donors (Lipinski definition) is 0. The van der Waals surface area contributed by atoms with E-state index in [2.05, 4.69) is 20.9 Å². The lowest BCUT2D eigenvalue weighted by atomic mass is 10.5. The maximum Gasteiger partial charge on any atom is 0.193 e. The Labute approximate surface area is 101 Å². The normalized spacial score (nSPS) is 13.1.